The van der Waals surface area contributed by atoms with Crippen molar-refractivity contribution in [1.29, 1.82) is 0 Å². The number of carboxylic acids is 1. The number of benzene rings is 1. The molecule has 1 amide bonds. The van der Waals surface area contributed by atoms with Gasteiger partial charge in [0.2, 0.25) is 5.91 Å². The van der Waals surface area contributed by atoms with E-state index in [0.717, 1.165) is 10.0 Å². The van der Waals surface area contributed by atoms with Crippen LogP contribution in [0, 0.1) is 5.92 Å². The zero-order valence-electron chi connectivity index (χ0n) is 11.2. The van der Waals surface area contributed by atoms with Crippen molar-refractivity contribution < 1.29 is 19.4 Å². The van der Waals surface area contributed by atoms with Gasteiger partial charge in [-0.25, -0.2) is 0 Å². The van der Waals surface area contributed by atoms with Crippen LogP contribution in [0.1, 0.15) is 12.5 Å². The van der Waals surface area contributed by atoms with Crippen molar-refractivity contribution in [3.8, 4) is 5.75 Å². The van der Waals surface area contributed by atoms with Gasteiger partial charge in [0.15, 0.2) is 0 Å². The van der Waals surface area contributed by atoms with E-state index in [1.54, 1.807) is 19.3 Å². The highest BCUT2D eigenvalue weighted by atomic mass is 79.9. The normalized spacial score (nSPS) is 12.2. The molecule has 0 aromatic heterocycles. The van der Waals surface area contributed by atoms with Crippen LogP contribution in [-0.2, 0) is 9.59 Å². The van der Waals surface area contributed by atoms with E-state index in [1.165, 1.54) is 13.0 Å². The number of methoxy groups -OCH3 is 1. The van der Waals surface area contributed by atoms with Gasteiger partial charge < -0.3 is 15.2 Å². The van der Waals surface area contributed by atoms with Crippen molar-refractivity contribution in [3.63, 3.8) is 0 Å². The minimum atomic E-state index is -0.942. The van der Waals surface area contributed by atoms with Crippen LogP contribution in [0.4, 0.5) is 0 Å². The average Bonchev–Trinajstić information content (AvgIpc) is 2.42. The molecule has 1 unspecified atom stereocenters. The third-order valence-corrected chi connectivity index (χ3v) is 3.10. The van der Waals surface area contributed by atoms with E-state index >= 15 is 0 Å². The number of carbonyl (C=O) groups excluding carboxylic acids is 1. The Morgan fingerprint density at radius 2 is 2.20 bits per heavy atom. The minimum absolute atomic E-state index is 0.0914. The molecule has 0 spiro atoms. The van der Waals surface area contributed by atoms with Crippen LogP contribution in [0.2, 0.25) is 0 Å². The van der Waals surface area contributed by atoms with Crippen LogP contribution in [0.15, 0.2) is 28.7 Å². The fraction of sp³-hybridized carbons (Fsp3) is 0.286. The molecule has 1 rings (SSSR count). The lowest BCUT2D eigenvalue weighted by Gasteiger charge is -2.07. The maximum atomic E-state index is 11.6. The molecule has 1 aromatic carbocycles. The summed E-state index contributed by atoms with van der Waals surface area (Å²) in [6.07, 6.45) is 2.96. The number of hydrogen-bond donors (Lipinski definition) is 2. The van der Waals surface area contributed by atoms with Crippen LogP contribution >= 0.6 is 15.9 Å². The van der Waals surface area contributed by atoms with E-state index in [9.17, 15) is 9.59 Å². The van der Waals surface area contributed by atoms with Crippen LogP contribution in [-0.4, -0.2) is 30.6 Å². The maximum absolute atomic E-state index is 11.6. The molecule has 0 aliphatic carbocycles. The minimum Gasteiger partial charge on any atom is -0.496 e. The number of ether oxygens (including phenoxy) is 1. The number of carbonyl (C=O) groups is 2. The zero-order valence-corrected chi connectivity index (χ0v) is 12.8. The first-order valence-electron chi connectivity index (χ1n) is 5.96. The summed E-state index contributed by atoms with van der Waals surface area (Å²) in [7, 11) is 1.55. The van der Waals surface area contributed by atoms with Gasteiger partial charge in [-0.2, -0.15) is 0 Å². The second-order valence-corrected chi connectivity index (χ2v) is 5.12. The van der Waals surface area contributed by atoms with Crippen molar-refractivity contribution >= 4 is 33.9 Å². The third-order valence-electron chi connectivity index (χ3n) is 2.61. The Balaban J connectivity index is 2.65. The second-order valence-electron chi connectivity index (χ2n) is 4.20. The van der Waals surface area contributed by atoms with E-state index in [1.807, 2.05) is 12.1 Å². The Morgan fingerprint density at radius 3 is 2.80 bits per heavy atom. The molecule has 5 nitrogen and oxygen atoms in total. The first-order valence-corrected chi connectivity index (χ1v) is 6.75. The van der Waals surface area contributed by atoms with Crippen LogP contribution in [0.5, 0.6) is 5.75 Å². The zero-order chi connectivity index (χ0) is 15.1. The summed E-state index contributed by atoms with van der Waals surface area (Å²) in [5.41, 5.74) is 0.753. The molecular weight excluding hydrogens is 326 g/mol. The smallest absolute Gasteiger partial charge is 0.308 e. The van der Waals surface area contributed by atoms with Crippen molar-refractivity contribution in [3.05, 3.63) is 34.3 Å². The van der Waals surface area contributed by atoms with E-state index in [2.05, 4.69) is 21.2 Å². The van der Waals surface area contributed by atoms with Gasteiger partial charge in [0, 0.05) is 22.7 Å². The highest BCUT2D eigenvalue weighted by Gasteiger charge is 2.11. The molecule has 0 bridgehead atoms. The summed E-state index contributed by atoms with van der Waals surface area (Å²) in [5, 5.41) is 11.2. The maximum Gasteiger partial charge on any atom is 0.308 e. The standard InChI is InChI=1S/C14H16BrNO4/c1-9(14(18)19)8-16-13(17)6-3-10-7-11(15)4-5-12(10)20-2/h3-7,9H,8H2,1-2H3,(H,16,17)(H,18,19). The van der Waals surface area contributed by atoms with Gasteiger partial charge in [0.1, 0.15) is 5.75 Å². The molecule has 6 heteroatoms. The van der Waals surface area contributed by atoms with E-state index < -0.39 is 11.9 Å². The quantitative estimate of drug-likeness (QED) is 0.778. The Bertz CT molecular complexity index is 528. The molecule has 0 saturated carbocycles. The van der Waals surface area contributed by atoms with Crippen molar-refractivity contribution in [2.24, 2.45) is 5.92 Å². The number of carboxylic acid groups (broad SMARTS) is 1. The highest BCUT2D eigenvalue weighted by Crippen LogP contribution is 2.23. The number of nitrogens with one attached hydrogen (secondary N) is 1. The first-order chi connectivity index (χ1) is 9.43. The largest absolute Gasteiger partial charge is 0.496 e. The molecule has 0 heterocycles. The molecule has 0 aliphatic rings. The number of hydrogen-bond acceptors (Lipinski definition) is 3. The Hall–Kier alpha value is -1.82. The molecule has 0 fully saturated rings. The molecule has 108 valence electrons. The van der Waals surface area contributed by atoms with Gasteiger partial charge in [0.05, 0.1) is 13.0 Å². The highest BCUT2D eigenvalue weighted by molar-refractivity contribution is 9.10. The summed E-state index contributed by atoms with van der Waals surface area (Å²) < 4.78 is 6.05. The van der Waals surface area contributed by atoms with Gasteiger partial charge >= 0.3 is 5.97 Å². The fourth-order valence-electron chi connectivity index (χ4n) is 1.40. The first kappa shape index (κ1) is 16.2. The molecule has 1 atom stereocenters. The van der Waals surface area contributed by atoms with Gasteiger partial charge in [-0.15, -0.1) is 0 Å². The second kappa shape index (κ2) is 7.69. The Labute approximate surface area is 125 Å². The summed E-state index contributed by atoms with van der Waals surface area (Å²) in [6.45, 7) is 1.62. The predicted octanol–water partition coefficient (Wildman–Crippen LogP) is 2.31. The molecule has 0 radical (unpaired) electrons. The van der Waals surface area contributed by atoms with Crippen molar-refractivity contribution in [2.45, 2.75) is 6.92 Å². The molecule has 0 saturated heterocycles. The summed E-state index contributed by atoms with van der Waals surface area (Å²) in [6, 6.07) is 5.45. The lowest BCUT2D eigenvalue weighted by Crippen LogP contribution is -2.30. The number of aliphatic carboxylic acids is 1. The van der Waals surface area contributed by atoms with Crippen molar-refractivity contribution in [1.82, 2.24) is 5.32 Å². The van der Waals surface area contributed by atoms with Crippen molar-refractivity contribution in [2.75, 3.05) is 13.7 Å². The van der Waals surface area contributed by atoms with Gasteiger partial charge in [-0.1, -0.05) is 22.9 Å². The lowest BCUT2D eigenvalue weighted by molar-refractivity contribution is -0.141. The lowest BCUT2D eigenvalue weighted by atomic mass is 10.1. The number of halogens is 1. The number of amides is 1. The predicted molar refractivity (Wildman–Crippen MR) is 79.5 cm³/mol. The topological polar surface area (TPSA) is 75.6 Å². The molecular formula is C14H16BrNO4. The van der Waals surface area contributed by atoms with Gasteiger partial charge in [-0.3, -0.25) is 9.59 Å². The summed E-state index contributed by atoms with van der Waals surface area (Å²) in [4.78, 5) is 22.2. The summed E-state index contributed by atoms with van der Waals surface area (Å²) in [5.74, 6) is -1.26. The fourth-order valence-corrected chi connectivity index (χ4v) is 1.78. The van der Waals surface area contributed by atoms with Gasteiger partial charge in [0.25, 0.3) is 0 Å². The molecule has 20 heavy (non-hydrogen) atoms. The average molecular weight is 342 g/mol. The molecule has 0 aliphatic heterocycles. The SMILES string of the molecule is COc1ccc(Br)cc1C=CC(=O)NCC(C)C(=O)O. The van der Waals surface area contributed by atoms with Crippen LogP contribution in [0.25, 0.3) is 6.08 Å². The van der Waals surface area contributed by atoms with E-state index in [-0.39, 0.29) is 12.5 Å². The van der Waals surface area contributed by atoms with Crippen LogP contribution < -0.4 is 10.1 Å². The van der Waals surface area contributed by atoms with Crippen LogP contribution in [0.3, 0.4) is 0 Å². The third kappa shape index (κ3) is 5.05. The number of rotatable bonds is 6. The molecule has 1 aromatic rings. The van der Waals surface area contributed by atoms with E-state index in [0.29, 0.717) is 5.75 Å². The van der Waals surface area contributed by atoms with Gasteiger partial charge in [-0.05, 0) is 24.3 Å². The Kier molecular flexibility index (Phi) is 6.24. The monoisotopic (exact) mass is 341 g/mol. The van der Waals surface area contributed by atoms with E-state index in [4.69, 9.17) is 9.84 Å². The summed E-state index contributed by atoms with van der Waals surface area (Å²) >= 11 is 3.34. The molecule has 2 N–H and O–H groups in total. The Morgan fingerprint density at radius 1 is 1.50 bits per heavy atom.